The Morgan fingerprint density at radius 3 is 2.96 bits per heavy atom. The molecular weight excluding hydrogens is 404 g/mol. The number of aryl methyl sites for hydroxylation is 1. The number of nitrogens with one attached hydrogen (secondary N) is 2. The highest BCUT2D eigenvalue weighted by atomic mass is 79.9. The highest BCUT2D eigenvalue weighted by Crippen LogP contribution is 2.25. The molecule has 1 amide bonds. The number of hydrogen-bond acceptors (Lipinski definition) is 3. The molecular formula is C18H19BrN2OS2. The Hall–Kier alpha value is -1.24. The molecule has 2 aromatic heterocycles. The second-order valence-corrected chi connectivity index (χ2v) is 9.12. The summed E-state index contributed by atoms with van der Waals surface area (Å²) in [5, 5.41) is 4.22. The minimum Gasteiger partial charge on any atom is -0.361 e. The minimum atomic E-state index is 0.125. The van der Waals surface area contributed by atoms with E-state index in [0.717, 1.165) is 30.0 Å². The van der Waals surface area contributed by atoms with Gasteiger partial charge in [-0.15, -0.1) is 11.3 Å². The molecule has 3 aromatic rings. The number of rotatable bonds is 8. The third-order valence-electron chi connectivity index (χ3n) is 3.74. The number of thioether (sulfide) groups is 1. The number of aromatic nitrogens is 1. The second kappa shape index (κ2) is 8.74. The van der Waals surface area contributed by atoms with E-state index in [1.165, 1.54) is 19.6 Å². The summed E-state index contributed by atoms with van der Waals surface area (Å²) in [5.41, 5.74) is 2.34. The molecule has 0 fully saturated rings. The molecule has 0 saturated heterocycles. The first-order chi connectivity index (χ1) is 11.7. The highest BCUT2D eigenvalue weighted by Gasteiger charge is 2.06. The van der Waals surface area contributed by atoms with Crippen LogP contribution in [0.4, 0.5) is 0 Å². The monoisotopic (exact) mass is 422 g/mol. The van der Waals surface area contributed by atoms with Crippen molar-refractivity contribution < 1.29 is 4.79 Å². The number of thiophene rings is 1. The average molecular weight is 423 g/mol. The lowest BCUT2D eigenvalue weighted by molar-refractivity contribution is -0.120. The Morgan fingerprint density at radius 2 is 2.12 bits per heavy atom. The van der Waals surface area contributed by atoms with Crippen LogP contribution in [-0.2, 0) is 17.0 Å². The van der Waals surface area contributed by atoms with Gasteiger partial charge in [-0.1, -0.05) is 18.2 Å². The topological polar surface area (TPSA) is 44.9 Å². The van der Waals surface area contributed by atoms with Crippen molar-refractivity contribution in [2.75, 3.05) is 12.3 Å². The van der Waals surface area contributed by atoms with Crippen LogP contribution >= 0.6 is 39.0 Å². The van der Waals surface area contributed by atoms with Gasteiger partial charge in [0.25, 0.3) is 0 Å². The van der Waals surface area contributed by atoms with Crippen molar-refractivity contribution in [3.05, 3.63) is 56.8 Å². The average Bonchev–Trinajstić information content (AvgIpc) is 3.19. The van der Waals surface area contributed by atoms with Crippen molar-refractivity contribution in [1.29, 1.82) is 0 Å². The Morgan fingerprint density at radius 1 is 1.25 bits per heavy atom. The molecule has 2 N–H and O–H groups in total. The maximum absolute atomic E-state index is 12.0. The van der Waals surface area contributed by atoms with Crippen LogP contribution in [0.1, 0.15) is 16.9 Å². The molecule has 0 unspecified atom stereocenters. The molecule has 3 nitrogen and oxygen atoms in total. The molecule has 2 heterocycles. The van der Waals surface area contributed by atoms with Gasteiger partial charge in [-0.3, -0.25) is 4.79 Å². The molecule has 0 aliphatic carbocycles. The van der Waals surface area contributed by atoms with Crippen molar-refractivity contribution >= 4 is 55.8 Å². The summed E-state index contributed by atoms with van der Waals surface area (Å²) in [7, 11) is 0. The molecule has 0 saturated carbocycles. The Kier molecular flexibility index (Phi) is 6.40. The van der Waals surface area contributed by atoms with Crippen molar-refractivity contribution in [2.24, 2.45) is 0 Å². The summed E-state index contributed by atoms with van der Waals surface area (Å²) in [5.74, 6) is 2.07. The fourth-order valence-corrected chi connectivity index (χ4v) is 4.99. The number of hydrogen-bond donors (Lipinski definition) is 2. The fraction of sp³-hybridized carbons (Fsp3) is 0.278. The van der Waals surface area contributed by atoms with E-state index in [9.17, 15) is 4.79 Å². The maximum Gasteiger partial charge on any atom is 0.220 e. The zero-order chi connectivity index (χ0) is 16.8. The SMILES string of the molecule is O=C(CCc1c[nH]c2ccccc12)NCCSCc1ccc(Br)s1. The molecule has 6 heteroatoms. The first-order valence-electron chi connectivity index (χ1n) is 7.86. The summed E-state index contributed by atoms with van der Waals surface area (Å²) in [6, 6.07) is 12.4. The van der Waals surface area contributed by atoms with Crippen LogP contribution in [0.2, 0.25) is 0 Å². The predicted octanol–water partition coefficient (Wildman–Crippen LogP) is 4.97. The molecule has 1 aromatic carbocycles. The summed E-state index contributed by atoms with van der Waals surface area (Å²) < 4.78 is 1.17. The van der Waals surface area contributed by atoms with Gasteiger partial charge >= 0.3 is 0 Å². The van der Waals surface area contributed by atoms with Gasteiger partial charge < -0.3 is 10.3 Å². The van der Waals surface area contributed by atoms with Crippen LogP contribution in [-0.4, -0.2) is 23.2 Å². The lowest BCUT2D eigenvalue weighted by Gasteiger charge is -2.05. The van der Waals surface area contributed by atoms with Gasteiger partial charge in [-0.2, -0.15) is 11.8 Å². The van der Waals surface area contributed by atoms with E-state index in [0.29, 0.717) is 6.42 Å². The van der Waals surface area contributed by atoms with Crippen LogP contribution in [0.15, 0.2) is 46.4 Å². The third-order valence-corrected chi connectivity index (χ3v) is 6.55. The number of amides is 1. The van der Waals surface area contributed by atoms with Crippen LogP contribution in [0.25, 0.3) is 10.9 Å². The van der Waals surface area contributed by atoms with E-state index >= 15 is 0 Å². The highest BCUT2D eigenvalue weighted by molar-refractivity contribution is 9.11. The molecule has 126 valence electrons. The van der Waals surface area contributed by atoms with Gasteiger partial charge in [-0.25, -0.2) is 0 Å². The van der Waals surface area contributed by atoms with E-state index in [4.69, 9.17) is 0 Å². The van der Waals surface area contributed by atoms with Gasteiger partial charge in [0.2, 0.25) is 5.91 Å². The molecule has 24 heavy (non-hydrogen) atoms. The molecule has 0 aliphatic heterocycles. The van der Waals surface area contributed by atoms with Gasteiger partial charge in [0.1, 0.15) is 0 Å². The summed E-state index contributed by atoms with van der Waals surface area (Å²) in [6.45, 7) is 0.726. The Bertz CT molecular complexity index is 812. The number of H-pyrrole nitrogens is 1. The van der Waals surface area contributed by atoms with Gasteiger partial charge in [0, 0.05) is 46.4 Å². The van der Waals surface area contributed by atoms with Gasteiger partial charge in [0.05, 0.1) is 3.79 Å². The largest absolute Gasteiger partial charge is 0.361 e. The van der Waals surface area contributed by atoms with Crippen LogP contribution in [0.5, 0.6) is 0 Å². The van der Waals surface area contributed by atoms with Crippen molar-refractivity contribution in [3.63, 3.8) is 0 Å². The van der Waals surface area contributed by atoms with E-state index < -0.39 is 0 Å². The van der Waals surface area contributed by atoms with Gasteiger partial charge in [-0.05, 0) is 46.1 Å². The molecule has 0 aliphatic rings. The number of fused-ring (bicyclic) bond motifs is 1. The van der Waals surface area contributed by atoms with Crippen LogP contribution < -0.4 is 5.32 Å². The zero-order valence-corrected chi connectivity index (χ0v) is 16.4. The number of aromatic amines is 1. The third kappa shape index (κ3) is 4.88. The summed E-state index contributed by atoms with van der Waals surface area (Å²) >= 11 is 7.09. The van der Waals surface area contributed by atoms with Crippen molar-refractivity contribution in [3.8, 4) is 0 Å². The Balaban J connectivity index is 1.34. The lowest BCUT2D eigenvalue weighted by Crippen LogP contribution is -2.25. The smallest absolute Gasteiger partial charge is 0.220 e. The Labute approximate surface area is 158 Å². The minimum absolute atomic E-state index is 0.125. The van der Waals surface area contributed by atoms with Gasteiger partial charge in [0.15, 0.2) is 0 Å². The predicted molar refractivity (Wildman–Crippen MR) is 108 cm³/mol. The lowest BCUT2D eigenvalue weighted by atomic mass is 10.1. The van der Waals surface area contributed by atoms with Crippen molar-refractivity contribution in [2.45, 2.75) is 18.6 Å². The van der Waals surface area contributed by atoms with Crippen LogP contribution in [0.3, 0.4) is 0 Å². The standard InChI is InChI=1S/C18H19BrN2OS2/c19-17-7-6-14(24-17)12-23-10-9-20-18(22)8-5-13-11-21-16-4-2-1-3-15(13)16/h1-4,6-7,11,21H,5,8-10,12H2,(H,20,22). The normalized spacial score (nSPS) is 11.0. The first kappa shape index (κ1) is 17.6. The fourth-order valence-electron chi connectivity index (χ4n) is 2.54. The summed E-state index contributed by atoms with van der Waals surface area (Å²) in [4.78, 5) is 16.6. The van der Waals surface area contributed by atoms with E-state index in [-0.39, 0.29) is 5.91 Å². The number of para-hydroxylation sites is 1. The number of benzene rings is 1. The quantitative estimate of drug-likeness (QED) is 0.503. The van der Waals surface area contributed by atoms with E-state index in [1.54, 1.807) is 11.3 Å². The molecule has 0 atom stereocenters. The number of carbonyl (C=O) groups is 1. The molecule has 0 spiro atoms. The number of halogens is 1. The molecule has 0 bridgehead atoms. The molecule has 3 rings (SSSR count). The maximum atomic E-state index is 12.0. The zero-order valence-electron chi connectivity index (χ0n) is 13.2. The van der Waals surface area contributed by atoms with Crippen molar-refractivity contribution in [1.82, 2.24) is 10.3 Å². The summed E-state index contributed by atoms with van der Waals surface area (Å²) in [6.07, 6.45) is 3.31. The van der Waals surface area contributed by atoms with E-state index in [1.807, 2.05) is 30.1 Å². The molecule has 0 radical (unpaired) electrons. The van der Waals surface area contributed by atoms with E-state index in [2.05, 4.69) is 50.5 Å². The number of carbonyl (C=O) groups excluding carboxylic acids is 1. The first-order valence-corrected chi connectivity index (χ1v) is 10.6. The van der Waals surface area contributed by atoms with Crippen LogP contribution in [0, 0.1) is 0 Å². The second-order valence-electron chi connectivity index (χ2n) is 5.47.